The molecule has 0 aromatic carbocycles. The molecule has 0 spiro atoms. The summed E-state index contributed by atoms with van der Waals surface area (Å²) in [4.78, 5) is 10.4. The standard InChI is InChI=1S/C9H10BrN5/c1-14(2)8-3-4-11-9(13-8)15-6-7(10)5-12-15/h3-6H,1-2H3. The first-order valence-electron chi connectivity index (χ1n) is 4.38. The van der Waals surface area contributed by atoms with E-state index in [0.717, 1.165) is 10.3 Å². The Bertz CT molecular complexity index is 465. The van der Waals surface area contributed by atoms with Gasteiger partial charge in [-0.2, -0.15) is 10.1 Å². The minimum atomic E-state index is 0.562. The van der Waals surface area contributed by atoms with Crippen molar-refractivity contribution >= 4 is 21.7 Å². The van der Waals surface area contributed by atoms with Crippen LogP contribution in [0.3, 0.4) is 0 Å². The lowest BCUT2D eigenvalue weighted by Crippen LogP contribution is -2.12. The van der Waals surface area contributed by atoms with E-state index in [1.165, 1.54) is 0 Å². The minimum Gasteiger partial charge on any atom is -0.363 e. The monoisotopic (exact) mass is 267 g/mol. The third-order valence-corrected chi connectivity index (χ3v) is 2.25. The molecule has 0 amide bonds. The molecule has 0 saturated heterocycles. The van der Waals surface area contributed by atoms with Crippen molar-refractivity contribution in [1.29, 1.82) is 0 Å². The molecule has 0 aliphatic rings. The molecule has 2 aromatic heterocycles. The van der Waals surface area contributed by atoms with Crippen molar-refractivity contribution in [2.45, 2.75) is 0 Å². The highest BCUT2D eigenvalue weighted by Crippen LogP contribution is 2.11. The normalized spacial score (nSPS) is 10.3. The summed E-state index contributed by atoms with van der Waals surface area (Å²) in [6.45, 7) is 0. The van der Waals surface area contributed by atoms with E-state index in [0.29, 0.717) is 5.95 Å². The fraction of sp³-hybridized carbons (Fsp3) is 0.222. The van der Waals surface area contributed by atoms with Crippen LogP contribution in [0.1, 0.15) is 0 Å². The highest BCUT2D eigenvalue weighted by Gasteiger charge is 2.04. The second kappa shape index (κ2) is 3.98. The third-order valence-electron chi connectivity index (χ3n) is 1.84. The summed E-state index contributed by atoms with van der Waals surface area (Å²) in [5, 5.41) is 4.11. The summed E-state index contributed by atoms with van der Waals surface area (Å²) in [6.07, 6.45) is 5.23. The van der Waals surface area contributed by atoms with Crippen molar-refractivity contribution in [3.05, 3.63) is 29.1 Å². The van der Waals surface area contributed by atoms with E-state index in [9.17, 15) is 0 Å². The van der Waals surface area contributed by atoms with E-state index >= 15 is 0 Å². The van der Waals surface area contributed by atoms with Gasteiger partial charge in [0.05, 0.1) is 10.7 Å². The van der Waals surface area contributed by atoms with Gasteiger partial charge >= 0.3 is 0 Å². The van der Waals surface area contributed by atoms with Crippen LogP contribution in [0.4, 0.5) is 5.82 Å². The third kappa shape index (κ3) is 2.15. The number of hydrogen-bond donors (Lipinski definition) is 0. The van der Waals surface area contributed by atoms with Gasteiger partial charge in [-0.15, -0.1) is 0 Å². The number of halogens is 1. The number of rotatable bonds is 2. The Labute approximate surface area is 95.9 Å². The van der Waals surface area contributed by atoms with Crippen LogP contribution in [0, 0.1) is 0 Å². The summed E-state index contributed by atoms with van der Waals surface area (Å²) in [5.74, 6) is 1.42. The Morgan fingerprint density at radius 1 is 1.40 bits per heavy atom. The molecule has 0 unspecified atom stereocenters. The molecule has 0 fully saturated rings. The van der Waals surface area contributed by atoms with Gasteiger partial charge in [-0.3, -0.25) is 0 Å². The fourth-order valence-electron chi connectivity index (χ4n) is 1.11. The molecule has 0 bridgehead atoms. The van der Waals surface area contributed by atoms with E-state index in [2.05, 4.69) is 31.0 Å². The minimum absolute atomic E-state index is 0.562. The zero-order valence-electron chi connectivity index (χ0n) is 8.42. The summed E-state index contributed by atoms with van der Waals surface area (Å²) in [6, 6.07) is 1.85. The average molecular weight is 268 g/mol. The van der Waals surface area contributed by atoms with Crippen LogP contribution in [0.2, 0.25) is 0 Å². The lowest BCUT2D eigenvalue weighted by molar-refractivity contribution is 0.804. The van der Waals surface area contributed by atoms with E-state index < -0.39 is 0 Å². The quantitative estimate of drug-likeness (QED) is 0.827. The van der Waals surface area contributed by atoms with Crippen LogP contribution in [-0.2, 0) is 0 Å². The van der Waals surface area contributed by atoms with Gasteiger partial charge in [0, 0.05) is 26.5 Å². The van der Waals surface area contributed by atoms with Crippen molar-refractivity contribution in [3.63, 3.8) is 0 Å². The number of aromatic nitrogens is 4. The molecule has 0 radical (unpaired) electrons. The summed E-state index contributed by atoms with van der Waals surface area (Å²) >= 11 is 3.33. The van der Waals surface area contributed by atoms with Gasteiger partial charge in [0.25, 0.3) is 5.95 Å². The largest absolute Gasteiger partial charge is 0.363 e. The van der Waals surface area contributed by atoms with Gasteiger partial charge in [-0.25, -0.2) is 9.67 Å². The van der Waals surface area contributed by atoms with Crippen LogP contribution >= 0.6 is 15.9 Å². The van der Waals surface area contributed by atoms with Gasteiger partial charge in [0.2, 0.25) is 0 Å². The zero-order valence-corrected chi connectivity index (χ0v) is 10.0. The van der Waals surface area contributed by atoms with Crippen LogP contribution in [0.25, 0.3) is 5.95 Å². The Balaban J connectivity index is 2.41. The topological polar surface area (TPSA) is 46.8 Å². The zero-order chi connectivity index (χ0) is 10.8. The number of nitrogens with zero attached hydrogens (tertiary/aromatic N) is 5. The second-order valence-corrected chi connectivity index (χ2v) is 4.13. The van der Waals surface area contributed by atoms with Crippen LogP contribution in [-0.4, -0.2) is 33.8 Å². The molecule has 2 rings (SSSR count). The molecule has 5 nitrogen and oxygen atoms in total. The molecule has 0 N–H and O–H groups in total. The van der Waals surface area contributed by atoms with Crippen LogP contribution in [0.5, 0.6) is 0 Å². The molecule has 2 heterocycles. The maximum absolute atomic E-state index is 4.35. The Morgan fingerprint density at radius 2 is 2.20 bits per heavy atom. The summed E-state index contributed by atoms with van der Waals surface area (Å²) in [7, 11) is 3.87. The molecule has 6 heteroatoms. The van der Waals surface area contributed by atoms with Crippen LogP contribution < -0.4 is 4.90 Å². The molecule has 0 saturated carbocycles. The SMILES string of the molecule is CN(C)c1ccnc(-n2cc(Br)cn2)n1. The van der Waals surface area contributed by atoms with Gasteiger partial charge in [-0.05, 0) is 22.0 Å². The first-order valence-corrected chi connectivity index (χ1v) is 5.17. The van der Waals surface area contributed by atoms with Crippen molar-refractivity contribution in [2.24, 2.45) is 0 Å². The smallest absolute Gasteiger partial charge is 0.252 e. The van der Waals surface area contributed by atoms with E-state index in [1.54, 1.807) is 17.1 Å². The maximum Gasteiger partial charge on any atom is 0.252 e. The summed E-state index contributed by atoms with van der Waals surface area (Å²) in [5.41, 5.74) is 0. The highest BCUT2D eigenvalue weighted by atomic mass is 79.9. The van der Waals surface area contributed by atoms with Crippen molar-refractivity contribution in [2.75, 3.05) is 19.0 Å². The lowest BCUT2D eigenvalue weighted by atomic mass is 10.5. The Hall–Kier alpha value is -1.43. The Morgan fingerprint density at radius 3 is 2.80 bits per heavy atom. The predicted octanol–water partition coefficient (Wildman–Crippen LogP) is 1.49. The van der Waals surface area contributed by atoms with Crippen LogP contribution in [0.15, 0.2) is 29.1 Å². The van der Waals surface area contributed by atoms with Gasteiger partial charge in [0.1, 0.15) is 5.82 Å². The van der Waals surface area contributed by atoms with E-state index in [-0.39, 0.29) is 0 Å². The molecule has 15 heavy (non-hydrogen) atoms. The van der Waals surface area contributed by atoms with Gasteiger partial charge in [0.15, 0.2) is 0 Å². The molecule has 0 aliphatic heterocycles. The first kappa shape index (κ1) is 10.1. The average Bonchev–Trinajstić information content (AvgIpc) is 2.65. The summed E-state index contributed by atoms with van der Waals surface area (Å²) < 4.78 is 2.53. The lowest BCUT2D eigenvalue weighted by Gasteiger charge is -2.11. The van der Waals surface area contributed by atoms with E-state index in [1.807, 2.05) is 31.3 Å². The highest BCUT2D eigenvalue weighted by molar-refractivity contribution is 9.10. The maximum atomic E-state index is 4.35. The van der Waals surface area contributed by atoms with E-state index in [4.69, 9.17) is 0 Å². The molecule has 2 aromatic rings. The van der Waals surface area contributed by atoms with Gasteiger partial charge in [-0.1, -0.05) is 0 Å². The molecule has 78 valence electrons. The molecular formula is C9H10BrN5. The molecule has 0 aliphatic carbocycles. The van der Waals surface area contributed by atoms with Gasteiger partial charge < -0.3 is 4.90 Å². The molecular weight excluding hydrogens is 258 g/mol. The number of anilines is 1. The second-order valence-electron chi connectivity index (χ2n) is 3.21. The van der Waals surface area contributed by atoms with Crippen molar-refractivity contribution in [1.82, 2.24) is 19.7 Å². The number of hydrogen-bond acceptors (Lipinski definition) is 4. The fourth-order valence-corrected chi connectivity index (χ4v) is 1.39. The predicted molar refractivity (Wildman–Crippen MR) is 61.2 cm³/mol. The first-order chi connectivity index (χ1) is 7.16. The van der Waals surface area contributed by atoms with Crippen molar-refractivity contribution < 1.29 is 0 Å². The Kier molecular flexibility index (Phi) is 2.68. The molecule has 0 atom stereocenters. The van der Waals surface area contributed by atoms with Crippen molar-refractivity contribution in [3.8, 4) is 5.95 Å².